The summed E-state index contributed by atoms with van der Waals surface area (Å²) >= 11 is 5.88. The molecule has 0 radical (unpaired) electrons. The Bertz CT molecular complexity index is 664. The van der Waals surface area contributed by atoms with Gasteiger partial charge in [0.15, 0.2) is 5.75 Å². The second kappa shape index (κ2) is 4.70. The fraction of sp³-hybridized carbons (Fsp3) is 0.167. The van der Waals surface area contributed by atoms with Gasteiger partial charge in [0, 0.05) is 19.5 Å². The fourth-order valence-electron chi connectivity index (χ4n) is 1.47. The van der Waals surface area contributed by atoms with Crippen LogP contribution in [-0.4, -0.2) is 30.1 Å². The summed E-state index contributed by atoms with van der Waals surface area (Å²) in [4.78, 5) is 27.0. The number of hydrogen-bond acceptors (Lipinski definition) is 3. The van der Waals surface area contributed by atoms with Gasteiger partial charge in [-0.3, -0.25) is 4.79 Å². The van der Waals surface area contributed by atoms with Gasteiger partial charge in [-0.25, -0.2) is 4.79 Å². The fourth-order valence-corrected chi connectivity index (χ4v) is 1.65. The average molecular weight is 267 g/mol. The van der Waals surface area contributed by atoms with Crippen molar-refractivity contribution in [2.75, 3.05) is 14.1 Å². The standard InChI is InChI=1S/C12H11ClN2O3/c1-15(2)12(17)18-10-7-5-3-4-6-8(7)14-11(16)9(10)13/h3-6H,1-2H3,(H,14,16). The molecule has 0 saturated carbocycles. The van der Waals surface area contributed by atoms with Crippen LogP contribution >= 0.6 is 11.6 Å². The van der Waals surface area contributed by atoms with Crippen LogP contribution in [-0.2, 0) is 0 Å². The summed E-state index contributed by atoms with van der Waals surface area (Å²) in [5.41, 5.74) is 0.0744. The summed E-state index contributed by atoms with van der Waals surface area (Å²) in [5, 5.41) is 0.446. The number of halogens is 1. The van der Waals surface area contributed by atoms with E-state index in [1.807, 2.05) is 0 Å². The molecule has 6 heteroatoms. The Morgan fingerprint density at radius 1 is 1.33 bits per heavy atom. The van der Waals surface area contributed by atoms with Gasteiger partial charge in [-0.1, -0.05) is 23.7 Å². The first-order valence-corrected chi connectivity index (χ1v) is 5.58. The van der Waals surface area contributed by atoms with Crippen molar-refractivity contribution in [3.63, 3.8) is 0 Å². The third-order valence-electron chi connectivity index (χ3n) is 2.37. The van der Waals surface area contributed by atoms with Gasteiger partial charge in [-0.15, -0.1) is 0 Å². The number of nitrogens with zero attached hydrogens (tertiary/aromatic N) is 1. The number of carbonyl (C=O) groups is 1. The molecule has 0 atom stereocenters. The molecule has 2 rings (SSSR count). The van der Waals surface area contributed by atoms with Crippen LogP contribution in [0.15, 0.2) is 29.1 Å². The van der Waals surface area contributed by atoms with Crippen LogP contribution in [0.4, 0.5) is 4.79 Å². The predicted molar refractivity (Wildman–Crippen MR) is 69.3 cm³/mol. The second-order valence-corrected chi connectivity index (χ2v) is 4.28. The third kappa shape index (κ3) is 2.17. The highest BCUT2D eigenvalue weighted by atomic mass is 35.5. The van der Waals surface area contributed by atoms with Crippen molar-refractivity contribution >= 4 is 28.6 Å². The Morgan fingerprint density at radius 3 is 2.67 bits per heavy atom. The van der Waals surface area contributed by atoms with Crippen LogP contribution in [0.1, 0.15) is 0 Å². The SMILES string of the molecule is CN(C)C(=O)Oc1c(Cl)c(=O)[nH]c2ccccc12. The topological polar surface area (TPSA) is 62.4 Å². The molecule has 1 aromatic carbocycles. The van der Waals surface area contributed by atoms with Crippen molar-refractivity contribution in [1.29, 1.82) is 0 Å². The van der Waals surface area contributed by atoms with E-state index in [0.29, 0.717) is 10.9 Å². The zero-order valence-corrected chi connectivity index (χ0v) is 10.6. The van der Waals surface area contributed by atoms with Gasteiger partial charge in [0.05, 0.1) is 5.52 Å². The Morgan fingerprint density at radius 2 is 2.00 bits per heavy atom. The number of amides is 1. The van der Waals surface area contributed by atoms with E-state index in [-0.39, 0.29) is 10.8 Å². The van der Waals surface area contributed by atoms with E-state index in [2.05, 4.69) is 4.98 Å². The summed E-state index contributed by atoms with van der Waals surface area (Å²) in [6.45, 7) is 0. The Hall–Kier alpha value is -2.01. The minimum atomic E-state index is -0.590. The molecule has 1 aromatic heterocycles. The maximum Gasteiger partial charge on any atom is 0.414 e. The molecule has 0 spiro atoms. The molecule has 18 heavy (non-hydrogen) atoms. The lowest BCUT2D eigenvalue weighted by Gasteiger charge is -2.13. The number of ether oxygens (including phenoxy) is 1. The van der Waals surface area contributed by atoms with Gasteiger partial charge in [-0.05, 0) is 12.1 Å². The number of fused-ring (bicyclic) bond motifs is 1. The largest absolute Gasteiger partial charge is 0.414 e. The van der Waals surface area contributed by atoms with Gasteiger partial charge in [0.1, 0.15) is 5.02 Å². The Labute approximate surface area is 108 Å². The van der Waals surface area contributed by atoms with Crippen LogP contribution in [0.25, 0.3) is 10.9 Å². The maximum absolute atomic E-state index is 11.6. The van der Waals surface area contributed by atoms with Crippen molar-refractivity contribution in [1.82, 2.24) is 9.88 Å². The first-order chi connectivity index (χ1) is 8.50. The van der Waals surface area contributed by atoms with E-state index in [4.69, 9.17) is 16.3 Å². The highest BCUT2D eigenvalue weighted by Crippen LogP contribution is 2.29. The number of aromatic nitrogens is 1. The highest BCUT2D eigenvalue weighted by Gasteiger charge is 2.16. The summed E-state index contributed by atoms with van der Waals surface area (Å²) in [6, 6.07) is 6.96. The van der Waals surface area contributed by atoms with Crippen LogP contribution < -0.4 is 10.3 Å². The molecule has 0 saturated heterocycles. The summed E-state index contributed by atoms with van der Waals surface area (Å²) in [5.74, 6) is 0.0784. The molecular formula is C12H11ClN2O3. The normalized spacial score (nSPS) is 10.4. The quantitative estimate of drug-likeness (QED) is 0.861. The number of aromatic amines is 1. The van der Waals surface area contributed by atoms with Crippen molar-refractivity contribution < 1.29 is 9.53 Å². The number of para-hydroxylation sites is 1. The van der Waals surface area contributed by atoms with Crippen LogP contribution in [0, 0.1) is 0 Å². The molecular weight excluding hydrogens is 256 g/mol. The monoisotopic (exact) mass is 266 g/mol. The summed E-state index contributed by atoms with van der Waals surface area (Å²) in [7, 11) is 3.09. The molecule has 0 fully saturated rings. The highest BCUT2D eigenvalue weighted by molar-refractivity contribution is 6.33. The van der Waals surface area contributed by atoms with Crippen LogP contribution in [0.5, 0.6) is 5.75 Å². The number of hydrogen-bond donors (Lipinski definition) is 1. The van der Waals surface area contributed by atoms with E-state index >= 15 is 0 Å². The molecule has 5 nitrogen and oxygen atoms in total. The minimum absolute atomic E-state index is 0.0784. The molecule has 1 N–H and O–H groups in total. The molecule has 1 amide bonds. The lowest BCUT2D eigenvalue weighted by atomic mass is 10.2. The Balaban J connectivity index is 2.64. The van der Waals surface area contributed by atoms with E-state index in [1.54, 1.807) is 38.4 Å². The van der Waals surface area contributed by atoms with Crippen LogP contribution in [0.2, 0.25) is 5.02 Å². The smallest absolute Gasteiger partial charge is 0.408 e. The van der Waals surface area contributed by atoms with E-state index in [1.165, 1.54) is 4.90 Å². The number of rotatable bonds is 1. The number of H-pyrrole nitrogens is 1. The number of pyridine rings is 1. The van der Waals surface area contributed by atoms with Gasteiger partial charge in [0.2, 0.25) is 0 Å². The number of nitrogens with one attached hydrogen (secondary N) is 1. The van der Waals surface area contributed by atoms with Crippen molar-refractivity contribution in [3.05, 3.63) is 39.6 Å². The zero-order valence-electron chi connectivity index (χ0n) is 9.86. The average Bonchev–Trinajstić information content (AvgIpc) is 2.34. The number of benzene rings is 1. The molecule has 1 heterocycles. The van der Waals surface area contributed by atoms with E-state index < -0.39 is 11.7 Å². The van der Waals surface area contributed by atoms with Crippen molar-refractivity contribution in [3.8, 4) is 5.75 Å². The summed E-state index contributed by atoms with van der Waals surface area (Å²) in [6.07, 6.45) is -0.590. The molecule has 0 aliphatic rings. The lowest BCUT2D eigenvalue weighted by molar-refractivity contribution is 0.172. The number of carbonyl (C=O) groups excluding carboxylic acids is 1. The molecule has 0 aliphatic heterocycles. The van der Waals surface area contributed by atoms with Crippen molar-refractivity contribution in [2.24, 2.45) is 0 Å². The zero-order chi connectivity index (χ0) is 13.3. The molecule has 2 aromatic rings. The molecule has 0 aliphatic carbocycles. The first-order valence-electron chi connectivity index (χ1n) is 5.20. The first kappa shape index (κ1) is 12.4. The second-order valence-electron chi connectivity index (χ2n) is 3.91. The van der Waals surface area contributed by atoms with Crippen molar-refractivity contribution in [2.45, 2.75) is 0 Å². The minimum Gasteiger partial charge on any atom is -0.408 e. The third-order valence-corrected chi connectivity index (χ3v) is 2.72. The molecule has 0 unspecified atom stereocenters. The van der Waals surface area contributed by atoms with E-state index in [9.17, 15) is 9.59 Å². The van der Waals surface area contributed by atoms with Crippen LogP contribution in [0.3, 0.4) is 0 Å². The lowest BCUT2D eigenvalue weighted by Crippen LogP contribution is -2.26. The predicted octanol–water partition coefficient (Wildman–Crippen LogP) is 2.24. The van der Waals surface area contributed by atoms with Gasteiger partial charge in [-0.2, -0.15) is 0 Å². The van der Waals surface area contributed by atoms with Gasteiger partial charge in [0.25, 0.3) is 5.56 Å². The maximum atomic E-state index is 11.6. The van der Waals surface area contributed by atoms with E-state index in [0.717, 1.165) is 0 Å². The molecule has 94 valence electrons. The summed E-state index contributed by atoms with van der Waals surface area (Å²) < 4.78 is 5.14. The molecule has 0 bridgehead atoms. The van der Waals surface area contributed by atoms with Gasteiger partial charge < -0.3 is 14.6 Å². The van der Waals surface area contributed by atoms with Gasteiger partial charge >= 0.3 is 6.09 Å². The Kier molecular flexibility index (Phi) is 3.25.